The van der Waals surface area contributed by atoms with Crippen molar-refractivity contribution >= 4 is 33.0 Å². The quantitative estimate of drug-likeness (QED) is 0.544. The first-order valence-electron chi connectivity index (χ1n) is 7.55. The Balaban J connectivity index is 1.79. The van der Waals surface area contributed by atoms with Crippen LogP contribution in [0.5, 0.6) is 0 Å². The molecule has 0 aliphatic heterocycles. The van der Waals surface area contributed by atoms with Crippen molar-refractivity contribution < 1.29 is 8.42 Å². The molecule has 0 unspecified atom stereocenters. The summed E-state index contributed by atoms with van der Waals surface area (Å²) in [5.74, 6) is 0. The molecule has 0 saturated carbocycles. The molecule has 2 aromatic rings. The van der Waals surface area contributed by atoms with Crippen LogP contribution in [0.1, 0.15) is 11.1 Å². The van der Waals surface area contributed by atoms with Crippen molar-refractivity contribution in [1.29, 1.82) is 0 Å². The number of hydrogen-bond acceptors (Lipinski definition) is 3. The average molecular weight is 364 g/mol. The summed E-state index contributed by atoms with van der Waals surface area (Å²) in [4.78, 5) is 0.258. The van der Waals surface area contributed by atoms with E-state index in [-0.39, 0.29) is 11.4 Å². The SMILES string of the molecule is Cc1ccc(S(=O)(=O)NCCNC(=S)Nc2ccccc2C)cc1. The van der Waals surface area contributed by atoms with E-state index in [4.69, 9.17) is 12.2 Å². The Kier molecular flexibility index (Phi) is 6.30. The molecule has 0 saturated heterocycles. The van der Waals surface area contributed by atoms with Crippen LogP contribution >= 0.6 is 12.2 Å². The van der Waals surface area contributed by atoms with Crippen LogP contribution in [-0.2, 0) is 10.0 Å². The number of hydrogen-bond donors (Lipinski definition) is 3. The van der Waals surface area contributed by atoms with E-state index in [0.717, 1.165) is 16.8 Å². The lowest BCUT2D eigenvalue weighted by molar-refractivity contribution is 0.581. The third kappa shape index (κ3) is 5.30. The normalized spacial score (nSPS) is 11.1. The lowest BCUT2D eigenvalue weighted by Gasteiger charge is -2.13. The first kappa shape index (κ1) is 18.4. The molecule has 0 bridgehead atoms. The molecule has 2 rings (SSSR count). The van der Waals surface area contributed by atoms with Crippen LogP contribution in [0.2, 0.25) is 0 Å². The predicted molar refractivity (Wildman–Crippen MR) is 102 cm³/mol. The number of nitrogens with one attached hydrogen (secondary N) is 3. The van der Waals surface area contributed by atoms with Gasteiger partial charge in [-0.1, -0.05) is 35.9 Å². The van der Waals surface area contributed by atoms with Crippen LogP contribution in [0.3, 0.4) is 0 Å². The summed E-state index contributed by atoms with van der Waals surface area (Å²) in [5.41, 5.74) is 3.03. The van der Waals surface area contributed by atoms with Gasteiger partial charge in [-0.3, -0.25) is 0 Å². The fourth-order valence-corrected chi connectivity index (χ4v) is 3.29. The fourth-order valence-electron chi connectivity index (χ4n) is 2.04. The maximum absolute atomic E-state index is 12.1. The van der Waals surface area contributed by atoms with E-state index in [1.807, 2.05) is 38.1 Å². The number of thiocarbonyl (C=S) groups is 1. The van der Waals surface area contributed by atoms with Crippen molar-refractivity contribution in [3.05, 3.63) is 59.7 Å². The van der Waals surface area contributed by atoms with Gasteiger partial charge in [-0.15, -0.1) is 0 Å². The molecule has 0 aromatic heterocycles. The van der Waals surface area contributed by atoms with Crippen LogP contribution in [-0.4, -0.2) is 26.6 Å². The molecule has 5 nitrogen and oxygen atoms in total. The first-order chi connectivity index (χ1) is 11.4. The highest BCUT2D eigenvalue weighted by Gasteiger charge is 2.12. The second-order valence-electron chi connectivity index (χ2n) is 5.41. The minimum absolute atomic E-state index is 0.242. The van der Waals surface area contributed by atoms with Crippen LogP contribution < -0.4 is 15.4 Å². The van der Waals surface area contributed by atoms with Gasteiger partial charge in [0.25, 0.3) is 0 Å². The third-order valence-electron chi connectivity index (χ3n) is 3.43. The van der Waals surface area contributed by atoms with Crippen molar-refractivity contribution in [3.63, 3.8) is 0 Å². The summed E-state index contributed by atoms with van der Waals surface area (Å²) in [5, 5.41) is 6.53. The molecule has 128 valence electrons. The minimum atomic E-state index is -3.49. The number of aryl methyl sites for hydroxylation is 2. The van der Waals surface area contributed by atoms with Gasteiger partial charge in [0.05, 0.1) is 4.90 Å². The fraction of sp³-hybridized carbons (Fsp3) is 0.235. The van der Waals surface area contributed by atoms with E-state index >= 15 is 0 Å². The average Bonchev–Trinajstić information content (AvgIpc) is 2.54. The Morgan fingerprint density at radius 2 is 1.67 bits per heavy atom. The Morgan fingerprint density at radius 3 is 2.33 bits per heavy atom. The molecule has 2 aromatic carbocycles. The Labute approximate surface area is 148 Å². The zero-order chi connectivity index (χ0) is 17.6. The zero-order valence-electron chi connectivity index (χ0n) is 13.7. The molecule has 0 amide bonds. The predicted octanol–water partition coefficient (Wildman–Crippen LogP) is 2.57. The standard InChI is InChI=1S/C17H21N3O2S2/c1-13-7-9-15(10-8-13)24(21,22)19-12-11-18-17(23)20-16-6-4-3-5-14(16)2/h3-10,19H,11-12H2,1-2H3,(H2,18,20,23). The second kappa shape index (κ2) is 8.23. The Bertz CT molecular complexity index is 803. The van der Waals surface area contributed by atoms with Gasteiger partial charge in [0.15, 0.2) is 5.11 Å². The summed E-state index contributed by atoms with van der Waals surface area (Å²) < 4.78 is 26.8. The molecular weight excluding hydrogens is 342 g/mol. The highest BCUT2D eigenvalue weighted by Crippen LogP contribution is 2.12. The van der Waals surface area contributed by atoms with Gasteiger partial charge in [0.1, 0.15) is 0 Å². The second-order valence-corrected chi connectivity index (χ2v) is 7.58. The molecule has 0 spiro atoms. The highest BCUT2D eigenvalue weighted by atomic mass is 32.2. The molecule has 24 heavy (non-hydrogen) atoms. The molecule has 0 aliphatic carbocycles. The number of para-hydroxylation sites is 1. The van der Waals surface area contributed by atoms with Crippen LogP contribution in [0, 0.1) is 13.8 Å². The maximum atomic E-state index is 12.1. The van der Waals surface area contributed by atoms with E-state index in [9.17, 15) is 8.42 Å². The Hall–Kier alpha value is -1.96. The Morgan fingerprint density at radius 1 is 1.00 bits per heavy atom. The molecular formula is C17H21N3O2S2. The summed E-state index contributed by atoms with van der Waals surface area (Å²) in [6.45, 7) is 4.53. The summed E-state index contributed by atoms with van der Waals surface area (Å²) in [7, 11) is -3.49. The monoisotopic (exact) mass is 363 g/mol. The molecule has 0 heterocycles. The van der Waals surface area contributed by atoms with Crippen LogP contribution in [0.15, 0.2) is 53.4 Å². The number of rotatable bonds is 6. The lowest BCUT2D eigenvalue weighted by atomic mass is 10.2. The zero-order valence-corrected chi connectivity index (χ0v) is 15.3. The first-order valence-corrected chi connectivity index (χ1v) is 9.44. The van der Waals surface area contributed by atoms with Crippen LogP contribution in [0.25, 0.3) is 0 Å². The van der Waals surface area contributed by atoms with Gasteiger partial charge in [-0.25, -0.2) is 13.1 Å². The van der Waals surface area contributed by atoms with E-state index in [0.29, 0.717) is 11.7 Å². The lowest BCUT2D eigenvalue weighted by Crippen LogP contribution is -2.36. The number of sulfonamides is 1. The smallest absolute Gasteiger partial charge is 0.240 e. The molecule has 0 radical (unpaired) electrons. The number of anilines is 1. The van der Waals surface area contributed by atoms with Gasteiger partial charge in [0, 0.05) is 18.8 Å². The number of benzene rings is 2. The van der Waals surface area contributed by atoms with Gasteiger partial charge in [-0.2, -0.15) is 0 Å². The third-order valence-corrected chi connectivity index (χ3v) is 5.15. The van der Waals surface area contributed by atoms with Crippen molar-refractivity contribution in [2.24, 2.45) is 0 Å². The topological polar surface area (TPSA) is 70.2 Å². The van der Waals surface area contributed by atoms with Crippen molar-refractivity contribution in [3.8, 4) is 0 Å². The van der Waals surface area contributed by atoms with Gasteiger partial charge in [0.2, 0.25) is 10.0 Å². The van der Waals surface area contributed by atoms with Crippen molar-refractivity contribution in [2.45, 2.75) is 18.7 Å². The summed E-state index contributed by atoms with van der Waals surface area (Å²) >= 11 is 5.21. The molecule has 3 N–H and O–H groups in total. The van der Waals surface area contributed by atoms with E-state index in [1.165, 1.54) is 0 Å². The summed E-state index contributed by atoms with van der Waals surface area (Å²) in [6, 6.07) is 14.5. The largest absolute Gasteiger partial charge is 0.361 e. The van der Waals surface area contributed by atoms with Crippen molar-refractivity contribution in [2.75, 3.05) is 18.4 Å². The van der Waals surface area contributed by atoms with Crippen molar-refractivity contribution in [1.82, 2.24) is 10.0 Å². The van der Waals surface area contributed by atoms with Crippen LogP contribution in [0.4, 0.5) is 5.69 Å². The maximum Gasteiger partial charge on any atom is 0.240 e. The minimum Gasteiger partial charge on any atom is -0.361 e. The molecule has 0 fully saturated rings. The van der Waals surface area contributed by atoms with E-state index in [1.54, 1.807) is 24.3 Å². The van der Waals surface area contributed by atoms with Gasteiger partial charge in [-0.05, 0) is 49.8 Å². The van der Waals surface area contributed by atoms with E-state index in [2.05, 4.69) is 15.4 Å². The van der Waals surface area contributed by atoms with Gasteiger partial charge >= 0.3 is 0 Å². The molecule has 7 heteroatoms. The molecule has 0 aliphatic rings. The van der Waals surface area contributed by atoms with E-state index < -0.39 is 10.0 Å². The van der Waals surface area contributed by atoms with Gasteiger partial charge < -0.3 is 10.6 Å². The summed E-state index contributed by atoms with van der Waals surface area (Å²) in [6.07, 6.45) is 0. The molecule has 0 atom stereocenters. The highest BCUT2D eigenvalue weighted by molar-refractivity contribution is 7.89.